The minimum Gasteiger partial charge on any atom is -0.493 e. The number of aromatic nitrogens is 1. The molecule has 0 saturated carbocycles. The SMILES string of the molecule is COc1cc2[nH]cc(C(=O)c3ccc(Cl)cc3)c(=O)c2cc1OC. The number of H-pyrrole nitrogens is 1. The standard InChI is InChI=1S/C18H14ClNO4/c1-23-15-7-12-14(8-16(15)24-2)20-9-13(18(12)22)17(21)10-3-5-11(19)6-4-10/h3-9H,1-2H3,(H,20,22). The summed E-state index contributed by atoms with van der Waals surface area (Å²) < 4.78 is 10.4. The largest absolute Gasteiger partial charge is 0.493 e. The van der Waals surface area contributed by atoms with Crippen molar-refractivity contribution in [1.82, 2.24) is 4.98 Å². The summed E-state index contributed by atoms with van der Waals surface area (Å²) in [5.41, 5.74) is 0.636. The molecule has 2 aromatic carbocycles. The molecule has 24 heavy (non-hydrogen) atoms. The minimum absolute atomic E-state index is 0.0528. The van der Waals surface area contributed by atoms with Crippen LogP contribution in [-0.2, 0) is 0 Å². The Morgan fingerprint density at radius 3 is 2.29 bits per heavy atom. The second-order valence-electron chi connectivity index (χ2n) is 5.12. The highest BCUT2D eigenvalue weighted by Crippen LogP contribution is 2.30. The van der Waals surface area contributed by atoms with Crippen LogP contribution in [0.5, 0.6) is 11.5 Å². The molecule has 0 aliphatic heterocycles. The molecule has 1 heterocycles. The van der Waals surface area contributed by atoms with Gasteiger partial charge in [0.15, 0.2) is 17.3 Å². The predicted molar refractivity (Wildman–Crippen MR) is 92.6 cm³/mol. The van der Waals surface area contributed by atoms with E-state index in [4.69, 9.17) is 21.1 Å². The molecule has 3 aromatic rings. The number of nitrogens with one attached hydrogen (secondary N) is 1. The maximum atomic E-state index is 12.7. The molecule has 5 nitrogen and oxygen atoms in total. The Bertz CT molecular complexity index is 977. The second-order valence-corrected chi connectivity index (χ2v) is 5.56. The number of halogens is 1. The molecule has 0 saturated heterocycles. The Morgan fingerprint density at radius 1 is 1.04 bits per heavy atom. The van der Waals surface area contributed by atoms with Crippen LogP contribution in [0.15, 0.2) is 47.4 Å². The number of carbonyl (C=O) groups is 1. The maximum absolute atomic E-state index is 12.7. The van der Waals surface area contributed by atoms with E-state index in [9.17, 15) is 9.59 Å². The third-order valence-corrected chi connectivity index (χ3v) is 3.99. The van der Waals surface area contributed by atoms with Crippen LogP contribution in [-0.4, -0.2) is 25.0 Å². The van der Waals surface area contributed by atoms with Crippen molar-refractivity contribution in [1.29, 1.82) is 0 Å². The van der Waals surface area contributed by atoms with Crippen LogP contribution in [0.3, 0.4) is 0 Å². The van der Waals surface area contributed by atoms with Crippen LogP contribution in [0.2, 0.25) is 5.02 Å². The fourth-order valence-electron chi connectivity index (χ4n) is 2.47. The highest BCUT2D eigenvalue weighted by molar-refractivity contribution is 6.30. The number of hydrogen-bond acceptors (Lipinski definition) is 4. The Kier molecular flexibility index (Phi) is 4.27. The first-order valence-corrected chi connectivity index (χ1v) is 7.50. The third-order valence-electron chi connectivity index (χ3n) is 3.74. The van der Waals surface area contributed by atoms with Gasteiger partial charge in [-0.05, 0) is 30.3 Å². The molecule has 0 bridgehead atoms. The minimum atomic E-state index is -0.371. The molecule has 0 fully saturated rings. The van der Waals surface area contributed by atoms with Gasteiger partial charge in [-0.2, -0.15) is 0 Å². The zero-order valence-electron chi connectivity index (χ0n) is 13.1. The number of pyridine rings is 1. The molecule has 1 N–H and O–H groups in total. The summed E-state index contributed by atoms with van der Waals surface area (Å²) in [6.07, 6.45) is 1.41. The monoisotopic (exact) mass is 343 g/mol. The first-order chi connectivity index (χ1) is 11.5. The van der Waals surface area contributed by atoms with E-state index in [1.165, 1.54) is 20.4 Å². The fraction of sp³-hybridized carbons (Fsp3) is 0.111. The summed E-state index contributed by atoms with van der Waals surface area (Å²) in [5, 5.41) is 0.878. The van der Waals surface area contributed by atoms with E-state index >= 15 is 0 Å². The quantitative estimate of drug-likeness (QED) is 0.737. The smallest absolute Gasteiger partial charge is 0.200 e. The van der Waals surface area contributed by atoms with E-state index in [-0.39, 0.29) is 16.8 Å². The fourth-order valence-corrected chi connectivity index (χ4v) is 2.60. The Balaban J connectivity index is 2.16. The van der Waals surface area contributed by atoms with Crippen molar-refractivity contribution in [3.05, 3.63) is 69.0 Å². The number of methoxy groups -OCH3 is 2. The number of ketones is 1. The van der Waals surface area contributed by atoms with Crippen LogP contribution >= 0.6 is 11.6 Å². The van der Waals surface area contributed by atoms with E-state index in [1.807, 2.05) is 0 Å². The van der Waals surface area contributed by atoms with E-state index in [0.29, 0.717) is 33.0 Å². The summed E-state index contributed by atoms with van der Waals surface area (Å²) in [7, 11) is 3.00. The van der Waals surface area contributed by atoms with Crippen molar-refractivity contribution in [2.75, 3.05) is 14.2 Å². The van der Waals surface area contributed by atoms with Gasteiger partial charge in [0.1, 0.15) is 0 Å². The van der Waals surface area contributed by atoms with Gasteiger partial charge in [-0.3, -0.25) is 9.59 Å². The van der Waals surface area contributed by atoms with Gasteiger partial charge in [-0.25, -0.2) is 0 Å². The average molecular weight is 344 g/mol. The molecule has 0 spiro atoms. The van der Waals surface area contributed by atoms with Gasteiger partial charge >= 0.3 is 0 Å². The van der Waals surface area contributed by atoms with Gasteiger partial charge in [-0.1, -0.05) is 11.6 Å². The van der Waals surface area contributed by atoms with Gasteiger partial charge in [0, 0.05) is 22.8 Å². The van der Waals surface area contributed by atoms with E-state index in [0.717, 1.165) is 0 Å². The van der Waals surface area contributed by atoms with Crippen molar-refractivity contribution in [2.45, 2.75) is 0 Å². The first-order valence-electron chi connectivity index (χ1n) is 7.13. The Labute approximate surface area is 142 Å². The molecule has 0 aliphatic rings. The zero-order valence-corrected chi connectivity index (χ0v) is 13.8. The van der Waals surface area contributed by atoms with Crippen LogP contribution in [0.25, 0.3) is 10.9 Å². The summed E-state index contributed by atoms with van der Waals surface area (Å²) in [6.45, 7) is 0. The third kappa shape index (κ3) is 2.74. The molecular weight excluding hydrogens is 330 g/mol. The van der Waals surface area contributed by atoms with Gasteiger partial charge in [0.2, 0.25) is 5.43 Å². The Hall–Kier alpha value is -2.79. The zero-order chi connectivity index (χ0) is 17.3. The molecule has 0 amide bonds. The van der Waals surface area contributed by atoms with Crippen LogP contribution in [0, 0.1) is 0 Å². The maximum Gasteiger partial charge on any atom is 0.200 e. The number of hydrogen-bond donors (Lipinski definition) is 1. The average Bonchev–Trinajstić information content (AvgIpc) is 2.61. The van der Waals surface area contributed by atoms with Crippen LogP contribution < -0.4 is 14.9 Å². The Morgan fingerprint density at radius 2 is 1.67 bits per heavy atom. The van der Waals surface area contributed by atoms with Crippen molar-refractivity contribution >= 4 is 28.3 Å². The predicted octanol–water partition coefficient (Wildman–Crippen LogP) is 3.43. The van der Waals surface area contributed by atoms with Crippen LogP contribution in [0.1, 0.15) is 15.9 Å². The molecule has 3 rings (SSSR count). The number of fused-ring (bicyclic) bond motifs is 1. The molecule has 0 atom stereocenters. The van der Waals surface area contributed by atoms with Gasteiger partial charge in [0.05, 0.1) is 30.7 Å². The molecule has 6 heteroatoms. The van der Waals surface area contributed by atoms with Gasteiger partial charge < -0.3 is 14.5 Å². The topological polar surface area (TPSA) is 68.4 Å². The van der Waals surface area contributed by atoms with Gasteiger partial charge in [0.25, 0.3) is 0 Å². The molecular formula is C18H14ClNO4. The number of aromatic amines is 1. The van der Waals surface area contributed by atoms with E-state index < -0.39 is 0 Å². The lowest BCUT2D eigenvalue weighted by atomic mass is 10.0. The summed E-state index contributed by atoms with van der Waals surface area (Å²) in [5.74, 6) is 0.550. The molecule has 0 unspecified atom stereocenters. The van der Waals surface area contributed by atoms with Crippen LogP contribution in [0.4, 0.5) is 0 Å². The lowest BCUT2D eigenvalue weighted by Gasteiger charge is -2.09. The number of ether oxygens (including phenoxy) is 2. The lowest BCUT2D eigenvalue weighted by molar-refractivity contribution is 0.103. The van der Waals surface area contributed by atoms with Crippen molar-refractivity contribution < 1.29 is 14.3 Å². The number of rotatable bonds is 4. The van der Waals surface area contributed by atoms with E-state index in [1.54, 1.807) is 36.4 Å². The number of carbonyl (C=O) groups excluding carboxylic acids is 1. The molecule has 0 radical (unpaired) electrons. The van der Waals surface area contributed by atoms with Crippen molar-refractivity contribution in [3.63, 3.8) is 0 Å². The normalized spacial score (nSPS) is 10.6. The number of benzene rings is 2. The first kappa shape index (κ1) is 16.1. The van der Waals surface area contributed by atoms with Crippen molar-refractivity contribution in [2.24, 2.45) is 0 Å². The van der Waals surface area contributed by atoms with Gasteiger partial charge in [-0.15, -0.1) is 0 Å². The summed E-state index contributed by atoms with van der Waals surface area (Å²) in [4.78, 5) is 28.3. The highest BCUT2D eigenvalue weighted by atomic mass is 35.5. The van der Waals surface area contributed by atoms with Crippen molar-refractivity contribution in [3.8, 4) is 11.5 Å². The molecule has 0 aliphatic carbocycles. The summed E-state index contributed by atoms with van der Waals surface area (Å²) in [6, 6.07) is 9.61. The highest BCUT2D eigenvalue weighted by Gasteiger charge is 2.17. The molecule has 1 aromatic heterocycles. The second kappa shape index (κ2) is 6.37. The van der Waals surface area contributed by atoms with E-state index in [2.05, 4.69) is 4.98 Å². The summed E-state index contributed by atoms with van der Waals surface area (Å²) >= 11 is 5.83. The molecule has 122 valence electrons. The lowest BCUT2D eigenvalue weighted by Crippen LogP contribution is -2.16.